The zero-order valence-electron chi connectivity index (χ0n) is 10.5. The molecule has 1 aliphatic heterocycles. The number of aliphatic imine (C=N–C) groups is 1. The van der Waals surface area contributed by atoms with Crippen LogP contribution in [0.25, 0.3) is 0 Å². The summed E-state index contributed by atoms with van der Waals surface area (Å²) in [6.45, 7) is 0.245. The van der Waals surface area contributed by atoms with Gasteiger partial charge in [-0.25, -0.2) is 0 Å². The Morgan fingerprint density at radius 2 is 2.35 bits per heavy atom. The molecule has 0 amide bonds. The third-order valence-electron chi connectivity index (χ3n) is 2.50. The molecule has 0 aromatic carbocycles. The number of hydrogen-bond acceptors (Lipinski definition) is 6. The quantitative estimate of drug-likeness (QED) is 0.283. The molecule has 0 fully saturated rings. The summed E-state index contributed by atoms with van der Waals surface area (Å²) in [5.41, 5.74) is 5.98. The summed E-state index contributed by atoms with van der Waals surface area (Å²) in [5, 5.41) is 13.3. The van der Waals surface area contributed by atoms with Crippen LogP contribution in [0.15, 0.2) is 16.9 Å². The number of allylic oxidation sites excluding steroid dienone is 1. The summed E-state index contributed by atoms with van der Waals surface area (Å²) >= 11 is 11.2. The summed E-state index contributed by atoms with van der Waals surface area (Å²) in [6, 6.07) is 0. The minimum absolute atomic E-state index is 0.00442. The maximum atomic E-state index is 12.2. The molecule has 114 valence electrons. The van der Waals surface area contributed by atoms with Crippen LogP contribution < -0.4 is 10.8 Å². The van der Waals surface area contributed by atoms with Crippen molar-refractivity contribution in [3.8, 4) is 0 Å². The number of hydrogen-bond donors (Lipinski definition) is 2. The highest BCUT2D eigenvalue weighted by atomic mass is 35.5. The average molecular weight is 345 g/mol. The first-order chi connectivity index (χ1) is 9.40. The molecule has 1 rings (SSSR count). The first-order valence-corrected chi connectivity index (χ1v) is 8.51. The third-order valence-corrected chi connectivity index (χ3v) is 4.98. The van der Waals surface area contributed by atoms with Gasteiger partial charge in [-0.1, -0.05) is 0 Å². The predicted octanol–water partition coefficient (Wildman–Crippen LogP) is 1.51. The molecule has 2 unspecified atom stereocenters. The molecule has 0 spiro atoms. The van der Waals surface area contributed by atoms with Gasteiger partial charge in [0, 0.05) is 18.3 Å². The Morgan fingerprint density at radius 1 is 1.65 bits per heavy atom. The lowest BCUT2D eigenvalue weighted by Crippen LogP contribution is -2.35. The minimum Gasteiger partial charge on any atom is -0.310 e. The molecule has 0 aromatic rings. The number of alkyl halides is 2. The normalized spacial score (nSPS) is 19.1. The molecule has 0 aliphatic carbocycles. The third kappa shape index (κ3) is 5.12. The van der Waals surface area contributed by atoms with Gasteiger partial charge < -0.3 is 9.84 Å². The van der Waals surface area contributed by atoms with E-state index in [-0.39, 0.29) is 24.6 Å². The van der Waals surface area contributed by atoms with Gasteiger partial charge in [0.25, 0.3) is 13.2 Å². The fourth-order valence-corrected chi connectivity index (χ4v) is 3.33. The van der Waals surface area contributed by atoms with Gasteiger partial charge in [0.2, 0.25) is 0 Å². The average Bonchev–Trinajstić information content (AvgIpc) is 2.86. The van der Waals surface area contributed by atoms with E-state index in [1.165, 1.54) is 0 Å². The summed E-state index contributed by atoms with van der Waals surface area (Å²) in [7, 11) is -3.50. The number of nitrogens with one attached hydrogen (secondary N) is 1. The summed E-state index contributed by atoms with van der Waals surface area (Å²) in [5.74, 6) is -0.418. The number of nitrogens with two attached hydrogens (primary N) is 1. The fraction of sp³-hybridized carbons (Fsp3) is 0.667. The molecular formula is C9H15Cl2N4O4P. The molecule has 1 aliphatic rings. The topological polar surface area (TPSA) is 120 Å². The first-order valence-electron chi connectivity index (χ1n) is 5.68. The van der Waals surface area contributed by atoms with E-state index < -0.39 is 18.2 Å². The zero-order chi connectivity index (χ0) is 15.2. The van der Waals surface area contributed by atoms with Crippen molar-refractivity contribution in [2.45, 2.75) is 12.2 Å². The maximum Gasteiger partial charge on any atom is 0.285 e. The predicted molar refractivity (Wildman–Crippen MR) is 78.1 cm³/mol. The van der Waals surface area contributed by atoms with Crippen LogP contribution >= 0.6 is 30.7 Å². The van der Waals surface area contributed by atoms with Gasteiger partial charge in [-0.2, -0.15) is 0 Å². The standard InChI is InChI=1S/C9H15Cl2N4O4P/c10-1-2-13-9(4-11)20(12,18)19-6-7-3-8(5-14-7)15(16)17/h5,9,13H,1-4,6H2,(H2,12,18). The summed E-state index contributed by atoms with van der Waals surface area (Å²) in [4.78, 5) is 13.8. The van der Waals surface area contributed by atoms with Crippen molar-refractivity contribution in [2.24, 2.45) is 10.5 Å². The number of halogens is 2. The van der Waals surface area contributed by atoms with Gasteiger partial charge in [0.1, 0.15) is 12.0 Å². The number of nitrogens with zero attached hydrogens (tertiary/aromatic N) is 2. The van der Waals surface area contributed by atoms with Crippen LogP contribution in [0, 0.1) is 10.1 Å². The van der Waals surface area contributed by atoms with Gasteiger partial charge in [0.15, 0.2) is 0 Å². The lowest BCUT2D eigenvalue weighted by molar-refractivity contribution is -0.425. The molecule has 0 saturated carbocycles. The number of rotatable bonds is 9. The smallest absolute Gasteiger partial charge is 0.285 e. The molecular weight excluding hydrogens is 330 g/mol. The van der Waals surface area contributed by atoms with Gasteiger partial charge in [-0.15, -0.1) is 23.2 Å². The summed E-state index contributed by atoms with van der Waals surface area (Å²) < 4.78 is 17.3. The fourth-order valence-electron chi connectivity index (χ4n) is 1.43. The highest BCUT2D eigenvalue weighted by molar-refractivity contribution is 7.57. The summed E-state index contributed by atoms with van der Waals surface area (Å²) in [6.07, 6.45) is 1.19. The van der Waals surface area contributed by atoms with Crippen LogP contribution in [0.4, 0.5) is 0 Å². The van der Waals surface area contributed by atoms with Crippen molar-refractivity contribution >= 4 is 36.4 Å². The van der Waals surface area contributed by atoms with Gasteiger partial charge in [-0.3, -0.25) is 25.2 Å². The second kappa shape index (κ2) is 8.07. The van der Waals surface area contributed by atoms with E-state index in [9.17, 15) is 14.7 Å². The Morgan fingerprint density at radius 3 is 2.85 bits per heavy atom. The molecule has 11 heteroatoms. The molecule has 8 nitrogen and oxygen atoms in total. The van der Waals surface area contributed by atoms with Crippen LogP contribution in [0.3, 0.4) is 0 Å². The monoisotopic (exact) mass is 344 g/mol. The molecule has 0 saturated heterocycles. The first kappa shape index (κ1) is 17.6. The van der Waals surface area contributed by atoms with Gasteiger partial charge in [0.05, 0.1) is 23.7 Å². The highest BCUT2D eigenvalue weighted by Gasteiger charge is 2.30. The van der Waals surface area contributed by atoms with Gasteiger partial charge in [-0.05, 0) is 0 Å². The van der Waals surface area contributed by atoms with E-state index in [4.69, 9.17) is 33.2 Å². The van der Waals surface area contributed by atoms with E-state index in [2.05, 4.69) is 10.3 Å². The van der Waals surface area contributed by atoms with Crippen LogP contribution in [-0.2, 0) is 9.09 Å². The van der Waals surface area contributed by atoms with Crippen LogP contribution in [0.2, 0.25) is 0 Å². The van der Waals surface area contributed by atoms with Crippen molar-refractivity contribution in [1.82, 2.24) is 5.32 Å². The molecule has 1 heterocycles. The van der Waals surface area contributed by atoms with E-state index in [0.717, 1.165) is 6.20 Å². The Labute approximate surface area is 126 Å². The van der Waals surface area contributed by atoms with Crippen LogP contribution in [-0.4, -0.2) is 41.3 Å². The molecule has 20 heavy (non-hydrogen) atoms. The van der Waals surface area contributed by atoms with Crippen molar-refractivity contribution in [3.63, 3.8) is 0 Å². The van der Waals surface area contributed by atoms with E-state index in [0.29, 0.717) is 18.1 Å². The molecule has 0 radical (unpaired) electrons. The Kier molecular flexibility index (Phi) is 7.08. The lowest BCUT2D eigenvalue weighted by atomic mass is 10.3. The SMILES string of the molecule is NP(=O)(OCC1=NC=C([N+](=O)[O-])C1)C(CCl)NCCCl. The minimum atomic E-state index is -3.50. The van der Waals surface area contributed by atoms with Crippen molar-refractivity contribution in [3.05, 3.63) is 22.0 Å². The Balaban J connectivity index is 2.48. The Hall–Kier alpha value is -0.500. The molecule has 0 aromatic heterocycles. The van der Waals surface area contributed by atoms with Crippen LogP contribution in [0.5, 0.6) is 0 Å². The van der Waals surface area contributed by atoms with Crippen LogP contribution in [0.1, 0.15) is 6.42 Å². The van der Waals surface area contributed by atoms with Crippen molar-refractivity contribution in [2.75, 3.05) is 24.9 Å². The van der Waals surface area contributed by atoms with Gasteiger partial charge >= 0.3 is 0 Å². The van der Waals surface area contributed by atoms with E-state index in [1.54, 1.807) is 0 Å². The number of nitro groups is 1. The molecule has 3 N–H and O–H groups in total. The second-order valence-corrected chi connectivity index (χ2v) is 6.84. The second-order valence-electron chi connectivity index (χ2n) is 3.98. The largest absolute Gasteiger partial charge is 0.310 e. The highest BCUT2D eigenvalue weighted by Crippen LogP contribution is 2.42. The zero-order valence-corrected chi connectivity index (χ0v) is 12.9. The maximum absolute atomic E-state index is 12.2. The molecule has 2 atom stereocenters. The molecule has 0 bridgehead atoms. The van der Waals surface area contributed by atoms with Crippen molar-refractivity contribution < 1.29 is 14.0 Å². The lowest BCUT2D eigenvalue weighted by Gasteiger charge is -2.22. The van der Waals surface area contributed by atoms with Crippen molar-refractivity contribution in [1.29, 1.82) is 0 Å². The van der Waals surface area contributed by atoms with E-state index in [1.807, 2.05) is 0 Å². The van der Waals surface area contributed by atoms with E-state index >= 15 is 0 Å². The Bertz CT molecular complexity index is 471.